The third kappa shape index (κ3) is 4.40. The maximum atomic E-state index is 14.7. The lowest BCUT2D eigenvalue weighted by atomic mass is 10.0. The highest BCUT2D eigenvalue weighted by atomic mass is 19.4. The van der Waals surface area contributed by atoms with Crippen molar-refractivity contribution in [1.29, 1.82) is 0 Å². The summed E-state index contributed by atoms with van der Waals surface area (Å²) >= 11 is 0. The van der Waals surface area contributed by atoms with Crippen LogP contribution in [0.15, 0.2) is 48.7 Å². The maximum absolute atomic E-state index is 14.7. The van der Waals surface area contributed by atoms with E-state index in [9.17, 15) is 22.4 Å². The highest BCUT2D eigenvalue weighted by Gasteiger charge is 2.40. The number of carbonyl (C=O) groups excluding carboxylic acids is 1. The first-order valence-electron chi connectivity index (χ1n) is 11.9. The number of alkyl halides is 3. The van der Waals surface area contributed by atoms with Gasteiger partial charge in [-0.3, -0.25) is 9.58 Å². The van der Waals surface area contributed by atoms with E-state index in [0.717, 1.165) is 30.0 Å². The van der Waals surface area contributed by atoms with Gasteiger partial charge >= 0.3 is 12.2 Å². The predicted octanol–water partition coefficient (Wildman–Crippen LogP) is 5.50. The van der Waals surface area contributed by atoms with Crippen LogP contribution in [0.5, 0.6) is 0 Å². The number of piperidine rings is 1. The van der Waals surface area contributed by atoms with Crippen LogP contribution in [-0.4, -0.2) is 39.8 Å². The average Bonchev–Trinajstić information content (AvgIpc) is 3.20. The molecule has 0 radical (unpaired) electrons. The normalized spacial score (nSPS) is 18.6. The highest BCUT2D eigenvalue weighted by Crippen LogP contribution is 2.36. The standard InChI is InChI=1S/C26H27F4N5O/c1-17-7-5-11-22(27)23(17)33-12-6-9-20(16-33)34-15-19-13-32(2)31-24(19)35(25(34)36)14-18-8-3-4-10-21(18)26(28,29)30/h3-5,7-8,10-11,13,20H,6,9,12,14-16H2,1-2H3. The minimum atomic E-state index is -4.54. The van der Waals surface area contributed by atoms with Crippen molar-refractivity contribution in [1.82, 2.24) is 14.7 Å². The maximum Gasteiger partial charge on any atom is 0.416 e. The van der Waals surface area contributed by atoms with Crippen LogP contribution in [0.25, 0.3) is 0 Å². The van der Waals surface area contributed by atoms with Crippen LogP contribution in [-0.2, 0) is 26.3 Å². The van der Waals surface area contributed by atoms with Crippen LogP contribution >= 0.6 is 0 Å². The molecular formula is C26H27F4N5O. The predicted molar refractivity (Wildman–Crippen MR) is 128 cm³/mol. The molecule has 2 aliphatic rings. The van der Waals surface area contributed by atoms with E-state index >= 15 is 0 Å². The molecule has 6 nitrogen and oxygen atoms in total. The first-order chi connectivity index (χ1) is 17.1. The summed E-state index contributed by atoms with van der Waals surface area (Å²) in [5.74, 6) is 0.0638. The van der Waals surface area contributed by atoms with Gasteiger partial charge in [0, 0.05) is 31.9 Å². The van der Waals surface area contributed by atoms with E-state index in [0.29, 0.717) is 31.1 Å². The molecular weight excluding hydrogens is 474 g/mol. The van der Waals surface area contributed by atoms with Gasteiger partial charge in [-0.25, -0.2) is 9.18 Å². The molecule has 1 fully saturated rings. The van der Waals surface area contributed by atoms with Crippen LogP contribution in [0.2, 0.25) is 0 Å². The number of fused-ring (bicyclic) bond motifs is 1. The molecule has 190 valence electrons. The minimum Gasteiger partial charge on any atom is -0.367 e. The van der Waals surface area contributed by atoms with Crippen molar-refractivity contribution in [2.75, 3.05) is 22.9 Å². The molecule has 2 aliphatic heterocycles. The molecule has 0 aliphatic carbocycles. The largest absolute Gasteiger partial charge is 0.416 e. The van der Waals surface area contributed by atoms with Gasteiger partial charge in [-0.2, -0.15) is 18.3 Å². The molecule has 2 amide bonds. The zero-order valence-corrected chi connectivity index (χ0v) is 20.1. The summed E-state index contributed by atoms with van der Waals surface area (Å²) in [4.78, 5) is 18.8. The minimum absolute atomic E-state index is 0.00375. The van der Waals surface area contributed by atoms with Crippen molar-refractivity contribution in [2.45, 2.75) is 45.1 Å². The van der Waals surface area contributed by atoms with Crippen molar-refractivity contribution >= 4 is 17.5 Å². The number of benzene rings is 2. The SMILES string of the molecule is Cc1cccc(F)c1N1CCCC(N2Cc3cn(C)nc3N(Cc3ccccc3C(F)(F)F)C2=O)C1. The second-order valence-corrected chi connectivity index (χ2v) is 9.45. The van der Waals surface area contributed by atoms with E-state index in [4.69, 9.17) is 0 Å². The molecule has 5 rings (SSSR count). The number of rotatable bonds is 4. The van der Waals surface area contributed by atoms with Gasteiger partial charge in [0.2, 0.25) is 0 Å². The number of carbonyl (C=O) groups is 1. The number of amides is 2. The molecule has 36 heavy (non-hydrogen) atoms. The fraction of sp³-hybridized carbons (Fsp3) is 0.385. The van der Waals surface area contributed by atoms with Crippen molar-refractivity contribution in [3.8, 4) is 0 Å². The first-order valence-corrected chi connectivity index (χ1v) is 11.9. The van der Waals surface area contributed by atoms with Gasteiger partial charge < -0.3 is 9.80 Å². The number of para-hydroxylation sites is 1. The van der Waals surface area contributed by atoms with E-state index in [1.807, 2.05) is 17.9 Å². The summed E-state index contributed by atoms with van der Waals surface area (Å²) in [6.07, 6.45) is -1.26. The topological polar surface area (TPSA) is 44.6 Å². The Balaban J connectivity index is 1.46. The molecule has 0 N–H and O–H groups in total. The van der Waals surface area contributed by atoms with Gasteiger partial charge in [-0.05, 0) is 43.0 Å². The van der Waals surface area contributed by atoms with Gasteiger partial charge in [0.25, 0.3) is 0 Å². The number of hydrogen-bond acceptors (Lipinski definition) is 3. The van der Waals surface area contributed by atoms with Crippen LogP contribution < -0.4 is 9.80 Å². The summed E-state index contributed by atoms with van der Waals surface area (Å²) in [5, 5.41) is 4.39. The average molecular weight is 502 g/mol. The lowest BCUT2D eigenvalue weighted by Gasteiger charge is -2.44. The van der Waals surface area contributed by atoms with E-state index in [1.165, 1.54) is 29.2 Å². The Hall–Kier alpha value is -3.56. The molecule has 10 heteroatoms. The molecule has 2 aromatic carbocycles. The summed E-state index contributed by atoms with van der Waals surface area (Å²) in [5.41, 5.74) is 1.35. The van der Waals surface area contributed by atoms with Gasteiger partial charge in [-0.15, -0.1) is 0 Å². The number of nitrogens with zero attached hydrogens (tertiary/aromatic N) is 5. The summed E-state index contributed by atoms with van der Waals surface area (Å²) in [6, 6.07) is 9.63. The Kier molecular flexibility index (Phi) is 6.13. The number of halogens is 4. The summed E-state index contributed by atoms with van der Waals surface area (Å²) in [6.45, 7) is 3.01. The number of urea groups is 1. The second-order valence-electron chi connectivity index (χ2n) is 9.45. The third-order valence-electron chi connectivity index (χ3n) is 6.95. The Bertz CT molecular complexity index is 1270. The Morgan fingerprint density at radius 1 is 1.11 bits per heavy atom. The number of anilines is 2. The first kappa shape index (κ1) is 24.1. The molecule has 1 atom stereocenters. The third-order valence-corrected chi connectivity index (χ3v) is 6.95. The van der Waals surface area contributed by atoms with Crippen LogP contribution in [0.4, 0.5) is 33.9 Å². The summed E-state index contributed by atoms with van der Waals surface area (Å²) < 4.78 is 57.3. The van der Waals surface area contributed by atoms with Crippen LogP contribution in [0.1, 0.15) is 35.1 Å². The smallest absolute Gasteiger partial charge is 0.367 e. The molecule has 1 aromatic heterocycles. The zero-order chi connectivity index (χ0) is 25.6. The van der Waals surface area contributed by atoms with E-state index in [2.05, 4.69) is 5.10 Å². The van der Waals surface area contributed by atoms with Gasteiger partial charge in [0.1, 0.15) is 5.82 Å². The Labute approximate surface area is 206 Å². The van der Waals surface area contributed by atoms with E-state index < -0.39 is 17.8 Å². The zero-order valence-electron chi connectivity index (χ0n) is 20.1. The van der Waals surface area contributed by atoms with Crippen LogP contribution in [0, 0.1) is 12.7 Å². The molecule has 0 saturated carbocycles. The second kappa shape index (κ2) is 9.15. The van der Waals surface area contributed by atoms with Gasteiger partial charge in [-0.1, -0.05) is 30.3 Å². The van der Waals surface area contributed by atoms with Crippen LogP contribution in [0.3, 0.4) is 0 Å². The molecule has 1 unspecified atom stereocenters. The molecule has 0 bridgehead atoms. The monoisotopic (exact) mass is 501 g/mol. The number of aromatic nitrogens is 2. The van der Waals surface area contributed by atoms with Gasteiger partial charge in [0.05, 0.1) is 30.4 Å². The van der Waals surface area contributed by atoms with Crippen molar-refractivity contribution in [2.24, 2.45) is 7.05 Å². The fourth-order valence-electron chi connectivity index (χ4n) is 5.33. The molecule has 1 saturated heterocycles. The van der Waals surface area contributed by atoms with Crippen molar-refractivity contribution in [3.63, 3.8) is 0 Å². The number of aryl methyl sites for hydroxylation is 2. The van der Waals surface area contributed by atoms with E-state index in [1.54, 1.807) is 28.9 Å². The van der Waals surface area contributed by atoms with Crippen molar-refractivity contribution in [3.05, 3.63) is 76.7 Å². The molecule has 0 spiro atoms. The lowest BCUT2D eigenvalue weighted by Crippen LogP contribution is -2.56. The lowest BCUT2D eigenvalue weighted by molar-refractivity contribution is -0.138. The molecule has 3 aromatic rings. The van der Waals surface area contributed by atoms with E-state index in [-0.39, 0.29) is 24.0 Å². The molecule has 3 heterocycles. The quantitative estimate of drug-likeness (QED) is 0.444. The van der Waals surface area contributed by atoms with Crippen molar-refractivity contribution < 1.29 is 22.4 Å². The Morgan fingerprint density at radius 2 is 1.89 bits per heavy atom. The summed E-state index contributed by atoms with van der Waals surface area (Å²) in [7, 11) is 1.72. The number of hydrogen-bond donors (Lipinski definition) is 0. The fourth-order valence-corrected chi connectivity index (χ4v) is 5.33. The van der Waals surface area contributed by atoms with Gasteiger partial charge in [0.15, 0.2) is 5.82 Å². The highest BCUT2D eigenvalue weighted by molar-refractivity contribution is 5.94. The Morgan fingerprint density at radius 3 is 2.64 bits per heavy atom.